The van der Waals surface area contributed by atoms with Crippen LogP contribution in [0.5, 0.6) is 0 Å². The molecule has 0 aliphatic rings. The van der Waals surface area contributed by atoms with Crippen molar-refractivity contribution in [2.75, 3.05) is 5.75 Å². The van der Waals surface area contributed by atoms with E-state index in [-0.39, 0.29) is 17.1 Å². The summed E-state index contributed by atoms with van der Waals surface area (Å²) < 4.78 is 13.5. The van der Waals surface area contributed by atoms with Crippen LogP contribution in [0.15, 0.2) is 46.9 Å². The number of aromatic amines is 1. The number of carbonyl (C=O) groups excluding carboxylic acids is 1. The third-order valence-electron chi connectivity index (χ3n) is 2.73. The van der Waals surface area contributed by atoms with Gasteiger partial charge < -0.3 is 0 Å². The van der Waals surface area contributed by atoms with Crippen molar-refractivity contribution in [1.82, 2.24) is 15.2 Å². The maximum Gasteiger partial charge on any atom is 0.209 e. The second-order valence-corrected chi connectivity index (χ2v) is 6.03. The topological polar surface area (TPSA) is 58.6 Å². The van der Waals surface area contributed by atoms with Gasteiger partial charge in [-0.05, 0) is 23.6 Å². The highest BCUT2D eigenvalue weighted by molar-refractivity contribution is 7.99. The number of ketones is 1. The molecule has 0 saturated carbocycles. The molecule has 1 N–H and O–H groups in total. The van der Waals surface area contributed by atoms with Crippen LogP contribution >= 0.6 is 23.1 Å². The van der Waals surface area contributed by atoms with E-state index in [0.717, 1.165) is 4.88 Å². The Morgan fingerprint density at radius 3 is 2.90 bits per heavy atom. The van der Waals surface area contributed by atoms with Crippen LogP contribution in [-0.2, 0) is 0 Å². The Morgan fingerprint density at radius 2 is 2.14 bits per heavy atom. The highest BCUT2D eigenvalue weighted by Crippen LogP contribution is 2.23. The van der Waals surface area contributed by atoms with Crippen LogP contribution in [0.4, 0.5) is 4.39 Å². The summed E-state index contributed by atoms with van der Waals surface area (Å²) in [6.07, 6.45) is 0. The van der Waals surface area contributed by atoms with Crippen LogP contribution < -0.4 is 0 Å². The molecule has 0 unspecified atom stereocenters. The van der Waals surface area contributed by atoms with Gasteiger partial charge in [0.2, 0.25) is 5.16 Å². The van der Waals surface area contributed by atoms with Crippen molar-refractivity contribution in [3.63, 3.8) is 0 Å². The van der Waals surface area contributed by atoms with E-state index in [2.05, 4.69) is 15.2 Å². The van der Waals surface area contributed by atoms with E-state index < -0.39 is 5.82 Å². The van der Waals surface area contributed by atoms with Gasteiger partial charge in [0.15, 0.2) is 11.6 Å². The first-order valence-corrected chi connectivity index (χ1v) is 7.97. The number of Topliss-reactive ketones (excluding diaryl/α,β-unsaturated/α-hetero) is 1. The Labute approximate surface area is 128 Å². The SMILES string of the molecule is O=C(CSc1n[nH]c(-c2cccs2)n1)c1ccccc1F. The Balaban J connectivity index is 1.66. The van der Waals surface area contributed by atoms with E-state index in [4.69, 9.17) is 0 Å². The fourth-order valence-electron chi connectivity index (χ4n) is 1.73. The standard InChI is InChI=1S/C14H10FN3OS2/c15-10-5-2-1-4-9(10)11(19)8-21-14-16-13(17-18-14)12-6-3-7-20-12/h1-7H,8H2,(H,16,17,18). The van der Waals surface area contributed by atoms with Crippen molar-refractivity contribution >= 4 is 28.9 Å². The quantitative estimate of drug-likeness (QED) is 0.576. The summed E-state index contributed by atoms with van der Waals surface area (Å²) in [5.41, 5.74) is 0.0963. The van der Waals surface area contributed by atoms with Gasteiger partial charge in [-0.25, -0.2) is 9.37 Å². The Hall–Kier alpha value is -1.99. The van der Waals surface area contributed by atoms with Crippen molar-refractivity contribution in [2.45, 2.75) is 5.16 Å². The molecule has 0 spiro atoms. The molecule has 0 bridgehead atoms. The van der Waals surface area contributed by atoms with Gasteiger partial charge in [-0.1, -0.05) is 30.0 Å². The molecule has 2 aromatic heterocycles. The lowest BCUT2D eigenvalue weighted by Crippen LogP contribution is -2.05. The van der Waals surface area contributed by atoms with E-state index in [0.29, 0.717) is 11.0 Å². The average molecular weight is 319 g/mol. The number of thioether (sulfide) groups is 1. The molecule has 3 aromatic rings. The number of aromatic nitrogens is 3. The van der Waals surface area contributed by atoms with Crippen molar-refractivity contribution < 1.29 is 9.18 Å². The first-order valence-electron chi connectivity index (χ1n) is 6.11. The number of thiophene rings is 1. The molecule has 106 valence electrons. The summed E-state index contributed by atoms with van der Waals surface area (Å²) in [5, 5.41) is 9.30. The lowest BCUT2D eigenvalue weighted by Gasteiger charge is -2.00. The van der Waals surface area contributed by atoms with Gasteiger partial charge in [-0.15, -0.1) is 16.4 Å². The minimum atomic E-state index is -0.502. The third kappa shape index (κ3) is 3.20. The summed E-state index contributed by atoms with van der Waals surface area (Å²) in [5.74, 6) is -0.00775. The fourth-order valence-corrected chi connectivity index (χ4v) is 3.08. The first kappa shape index (κ1) is 14.0. The van der Waals surface area contributed by atoms with Crippen LogP contribution in [-0.4, -0.2) is 26.7 Å². The summed E-state index contributed by atoms with van der Waals surface area (Å²) in [7, 11) is 0. The zero-order valence-electron chi connectivity index (χ0n) is 10.7. The Morgan fingerprint density at radius 1 is 1.29 bits per heavy atom. The van der Waals surface area contributed by atoms with E-state index in [9.17, 15) is 9.18 Å². The van der Waals surface area contributed by atoms with E-state index in [1.807, 2.05) is 17.5 Å². The number of H-pyrrole nitrogens is 1. The number of benzene rings is 1. The first-order chi connectivity index (χ1) is 10.2. The number of carbonyl (C=O) groups is 1. The zero-order valence-corrected chi connectivity index (χ0v) is 12.4. The smallest absolute Gasteiger partial charge is 0.209 e. The molecule has 0 aliphatic heterocycles. The molecule has 3 rings (SSSR count). The number of nitrogens with one attached hydrogen (secondary N) is 1. The van der Waals surface area contributed by atoms with Gasteiger partial charge >= 0.3 is 0 Å². The van der Waals surface area contributed by atoms with Crippen LogP contribution in [0, 0.1) is 5.82 Å². The molecule has 21 heavy (non-hydrogen) atoms. The highest BCUT2D eigenvalue weighted by atomic mass is 32.2. The molecule has 0 amide bonds. The molecule has 2 heterocycles. The number of hydrogen-bond acceptors (Lipinski definition) is 5. The fraction of sp³-hybridized carbons (Fsp3) is 0.0714. The second-order valence-electron chi connectivity index (χ2n) is 4.14. The van der Waals surface area contributed by atoms with Crippen molar-refractivity contribution in [3.05, 3.63) is 53.2 Å². The summed E-state index contributed by atoms with van der Waals surface area (Å²) >= 11 is 2.74. The van der Waals surface area contributed by atoms with Crippen LogP contribution in [0.1, 0.15) is 10.4 Å². The van der Waals surface area contributed by atoms with Gasteiger partial charge in [0.05, 0.1) is 16.2 Å². The van der Waals surface area contributed by atoms with Crippen molar-refractivity contribution in [2.24, 2.45) is 0 Å². The molecule has 0 fully saturated rings. The summed E-state index contributed by atoms with van der Waals surface area (Å²) in [6, 6.07) is 9.82. The minimum Gasteiger partial charge on any atom is -0.293 e. The minimum absolute atomic E-state index is 0.0963. The van der Waals surface area contributed by atoms with Crippen molar-refractivity contribution in [3.8, 4) is 10.7 Å². The van der Waals surface area contributed by atoms with Gasteiger partial charge in [0, 0.05) is 0 Å². The molecule has 4 nitrogen and oxygen atoms in total. The lowest BCUT2D eigenvalue weighted by atomic mass is 10.1. The maximum absolute atomic E-state index is 13.5. The molecular weight excluding hydrogens is 309 g/mol. The Bertz CT molecular complexity index is 755. The largest absolute Gasteiger partial charge is 0.293 e. The molecule has 1 aromatic carbocycles. The number of hydrogen-bond donors (Lipinski definition) is 1. The molecular formula is C14H10FN3OS2. The Kier molecular flexibility index (Phi) is 4.12. The molecule has 0 saturated heterocycles. The van der Waals surface area contributed by atoms with Crippen LogP contribution in [0.2, 0.25) is 0 Å². The van der Waals surface area contributed by atoms with Gasteiger partial charge in [-0.3, -0.25) is 9.89 Å². The molecule has 0 radical (unpaired) electrons. The predicted octanol–water partition coefficient (Wildman–Crippen LogP) is 3.65. The zero-order chi connectivity index (χ0) is 14.7. The van der Waals surface area contributed by atoms with E-state index in [1.54, 1.807) is 23.5 Å². The summed E-state index contributed by atoms with van der Waals surface area (Å²) in [6.45, 7) is 0. The van der Waals surface area contributed by atoms with Crippen molar-refractivity contribution in [1.29, 1.82) is 0 Å². The molecule has 0 aliphatic carbocycles. The van der Waals surface area contributed by atoms with Crippen LogP contribution in [0.3, 0.4) is 0 Å². The number of halogens is 1. The normalized spacial score (nSPS) is 10.7. The summed E-state index contributed by atoms with van der Waals surface area (Å²) in [4.78, 5) is 17.2. The monoisotopic (exact) mass is 319 g/mol. The van der Waals surface area contributed by atoms with E-state index >= 15 is 0 Å². The van der Waals surface area contributed by atoms with E-state index in [1.165, 1.54) is 23.9 Å². The molecule has 7 heteroatoms. The maximum atomic E-state index is 13.5. The second kappa shape index (κ2) is 6.19. The van der Waals surface area contributed by atoms with Gasteiger partial charge in [0.1, 0.15) is 5.82 Å². The lowest BCUT2D eigenvalue weighted by molar-refractivity contribution is 0.101. The van der Waals surface area contributed by atoms with Gasteiger partial charge in [0.25, 0.3) is 0 Å². The molecule has 0 atom stereocenters. The number of rotatable bonds is 5. The third-order valence-corrected chi connectivity index (χ3v) is 4.45. The number of nitrogens with zero attached hydrogens (tertiary/aromatic N) is 2. The average Bonchev–Trinajstić information content (AvgIpc) is 3.16. The van der Waals surface area contributed by atoms with Gasteiger partial charge in [-0.2, -0.15) is 0 Å². The highest BCUT2D eigenvalue weighted by Gasteiger charge is 2.13. The van der Waals surface area contributed by atoms with Crippen LogP contribution in [0.25, 0.3) is 10.7 Å². The predicted molar refractivity (Wildman–Crippen MR) is 81.2 cm³/mol.